The molecule has 5 heteroatoms. The Kier molecular flexibility index (Phi) is 3.85. The molecule has 2 aromatic rings. The molecule has 0 bridgehead atoms. The fourth-order valence-corrected chi connectivity index (χ4v) is 1.88. The van der Waals surface area contributed by atoms with E-state index in [1.54, 1.807) is 33.7 Å². The van der Waals surface area contributed by atoms with Gasteiger partial charge in [-0.25, -0.2) is 9.59 Å². The van der Waals surface area contributed by atoms with Crippen LogP contribution in [0, 0.1) is 0 Å². The van der Waals surface area contributed by atoms with Crippen molar-refractivity contribution in [1.82, 2.24) is 9.13 Å². The normalized spacial score (nSPS) is 10.4. The van der Waals surface area contributed by atoms with Crippen LogP contribution in [0.2, 0.25) is 0 Å². The lowest BCUT2D eigenvalue weighted by atomic mass is 10.1. The number of hydrogen-bond donors (Lipinski definition) is 0. The lowest BCUT2D eigenvalue weighted by Crippen LogP contribution is -2.23. The van der Waals surface area contributed by atoms with Crippen molar-refractivity contribution in [3.05, 3.63) is 58.3 Å². The molecule has 0 amide bonds. The molecule has 19 heavy (non-hydrogen) atoms. The van der Waals surface area contributed by atoms with Gasteiger partial charge in [-0.3, -0.25) is 9.13 Å². The molecule has 1 aromatic carbocycles. The monoisotopic (exact) mass is 260 g/mol. The van der Waals surface area contributed by atoms with Gasteiger partial charge in [0.2, 0.25) is 0 Å². The molecular formula is C14H16N2O3. The number of hydrogen-bond acceptors (Lipinski definition) is 3. The summed E-state index contributed by atoms with van der Waals surface area (Å²) in [6.07, 6.45) is 3.53. The van der Waals surface area contributed by atoms with Crippen molar-refractivity contribution in [2.24, 2.45) is 0 Å². The van der Waals surface area contributed by atoms with Crippen molar-refractivity contribution in [3.8, 4) is 0 Å². The quantitative estimate of drug-likeness (QED) is 0.783. The fraction of sp³-hybridized carbons (Fsp3) is 0.286. The van der Waals surface area contributed by atoms with E-state index in [9.17, 15) is 9.59 Å². The van der Waals surface area contributed by atoms with Gasteiger partial charge in [-0.15, -0.1) is 0 Å². The first kappa shape index (κ1) is 13.1. The van der Waals surface area contributed by atoms with Crippen LogP contribution in [-0.4, -0.2) is 22.2 Å². The maximum absolute atomic E-state index is 11.9. The number of nitrogens with zero attached hydrogens (tertiary/aromatic N) is 2. The van der Waals surface area contributed by atoms with Gasteiger partial charge >= 0.3 is 11.7 Å². The standard InChI is InChI=1S/C14H16N2O3/c1-3-15-8-9-16(14(15)18)10-11-4-6-12(7-5-11)13(17)19-2/h4-9H,3,10H2,1-2H3. The van der Waals surface area contributed by atoms with Crippen molar-refractivity contribution < 1.29 is 9.53 Å². The van der Waals surface area contributed by atoms with E-state index in [0.717, 1.165) is 5.56 Å². The van der Waals surface area contributed by atoms with E-state index in [2.05, 4.69) is 4.74 Å². The number of rotatable bonds is 4. The SMILES string of the molecule is CCn1ccn(Cc2ccc(C(=O)OC)cc2)c1=O. The first-order valence-corrected chi connectivity index (χ1v) is 6.08. The molecule has 0 fully saturated rings. The van der Waals surface area contributed by atoms with E-state index in [1.807, 2.05) is 19.1 Å². The van der Waals surface area contributed by atoms with Crippen LogP contribution in [0.3, 0.4) is 0 Å². The zero-order valence-corrected chi connectivity index (χ0v) is 11.0. The maximum Gasteiger partial charge on any atom is 0.337 e. The van der Waals surface area contributed by atoms with Gasteiger partial charge in [0.15, 0.2) is 0 Å². The first-order chi connectivity index (χ1) is 9.15. The Hall–Kier alpha value is -2.30. The maximum atomic E-state index is 11.9. The zero-order chi connectivity index (χ0) is 13.8. The summed E-state index contributed by atoms with van der Waals surface area (Å²) in [6.45, 7) is 3.08. The van der Waals surface area contributed by atoms with E-state index in [0.29, 0.717) is 18.7 Å². The van der Waals surface area contributed by atoms with Crippen molar-refractivity contribution in [2.45, 2.75) is 20.0 Å². The predicted octanol–water partition coefficient (Wildman–Crippen LogP) is 1.50. The molecule has 1 heterocycles. The second kappa shape index (κ2) is 5.56. The minimum Gasteiger partial charge on any atom is -0.465 e. The highest BCUT2D eigenvalue weighted by atomic mass is 16.5. The summed E-state index contributed by atoms with van der Waals surface area (Å²) in [7, 11) is 1.35. The second-order valence-corrected chi connectivity index (χ2v) is 4.18. The Balaban J connectivity index is 2.17. The Bertz CT molecular complexity index is 623. The zero-order valence-electron chi connectivity index (χ0n) is 11.0. The highest BCUT2D eigenvalue weighted by Gasteiger charge is 2.06. The van der Waals surface area contributed by atoms with Crippen LogP contribution in [0.5, 0.6) is 0 Å². The van der Waals surface area contributed by atoms with Gasteiger partial charge in [-0.1, -0.05) is 12.1 Å². The Labute approximate surface area is 111 Å². The van der Waals surface area contributed by atoms with E-state index < -0.39 is 0 Å². The summed E-state index contributed by atoms with van der Waals surface area (Å²) in [4.78, 5) is 23.2. The van der Waals surface area contributed by atoms with Gasteiger partial charge in [-0.2, -0.15) is 0 Å². The van der Waals surface area contributed by atoms with E-state index in [4.69, 9.17) is 0 Å². The number of carbonyl (C=O) groups is 1. The van der Waals surface area contributed by atoms with Crippen LogP contribution in [0.4, 0.5) is 0 Å². The van der Waals surface area contributed by atoms with Crippen LogP contribution in [0.1, 0.15) is 22.8 Å². The van der Waals surface area contributed by atoms with E-state index in [1.165, 1.54) is 7.11 Å². The van der Waals surface area contributed by atoms with E-state index >= 15 is 0 Å². The van der Waals surface area contributed by atoms with Crippen LogP contribution in [0.25, 0.3) is 0 Å². The molecule has 0 aliphatic heterocycles. The van der Waals surface area contributed by atoms with Crippen molar-refractivity contribution in [1.29, 1.82) is 0 Å². The van der Waals surface area contributed by atoms with Crippen molar-refractivity contribution >= 4 is 5.97 Å². The predicted molar refractivity (Wildman–Crippen MR) is 71.2 cm³/mol. The second-order valence-electron chi connectivity index (χ2n) is 4.18. The molecule has 0 aliphatic rings. The summed E-state index contributed by atoms with van der Waals surface area (Å²) in [5, 5.41) is 0. The number of aromatic nitrogens is 2. The molecule has 0 aliphatic carbocycles. The van der Waals surface area contributed by atoms with Crippen LogP contribution >= 0.6 is 0 Å². The van der Waals surface area contributed by atoms with Gasteiger partial charge in [0.1, 0.15) is 0 Å². The molecule has 100 valence electrons. The number of ether oxygens (including phenoxy) is 1. The van der Waals surface area contributed by atoms with Crippen molar-refractivity contribution in [3.63, 3.8) is 0 Å². The molecule has 0 unspecified atom stereocenters. The largest absolute Gasteiger partial charge is 0.465 e. The molecule has 0 saturated carbocycles. The molecule has 2 rings (SSSR count). The third kappa shape index (κ3) is 2.76. The number of carbonyl (C=O) groups excluding carboxylic acids is 1. The first-order valence-electron chi connectivity index (χ1n) is 6.08. The molecule has 0 N–H and O–H groups in total. The topological polar surface area (TPSA) is 53.2 Å². The molecule has 0 radical (unpaired) electrons. The van der Waals surface area contributed by atoms with Crippen molar-refractivity contribution in [2.75, 3.05) is 7.11 Å². The van der Waals surface area contributed by atoms with Crippen LogP contribution in [0.15, 0.2) is 41.5 Å². The molecule has 5 nitrogen and oxygen atoms in total. The fourth-order valence-electron chi connectivity index (χ4n) is 1.88. The minimum atomic E-state index is -0.360. The number of aryl methyl sites for hydroxylation is 1. The Morgan fingerprint density at radius 1 is 1.16 bits per heavy atom. The summed E-state index contributed by atoms with van der Waals surface area (Å²) in [6, 6.07) is 7.04. The molecule has 0 spiro atoms. The van der Waals surface area contributed by atoms with Gasteiger partial charge in [0.25, 0.3) is 0 Å². The number of imidazole rings is 1. The summed E-state index contributed by atoms with van der Waals surface area (Å²) < 4.78 is 7.91. The summed E-state index contributed by atoms with van der Waals surface area (Å²) in [5.41, 5.74) is 1.44. The third-order valence-corrected chi connectivity index (χ3v) is 2.99. The van der Waals surface area contributed by atoms with Gasteiger partial charge < -0.3 is 4.74 Å². The number of methoxy groups -OCH3 is 1. The van der Waals surface area contributed by atoms with E-state index in [-0.39, 0.29) is 11.7 Å². The molecule has 0 atom stereocenters. The summed E-state index contributed by atoms with van der Waals surface area (Å²) >= 11 is 0. The van der Waals surface area contributed by atoms with Gasteiger partial charge in [-0.05, 0) is 24.6 Å². The van der Waals surface area contributed by atoms with Crippen LogP contribution in [-0.2, 0) is 17.8 Å². The molecule has 1 aromatic heterocycles. The van der Waals surface area contributed by atoms with Gasteiger partial charge in [0.05, 0.1) is 19.2 Å². The Morgan fingerprint density at radius 3 is 2.32 bits per heavy atom. The number of benzene rings is 1. The Morgan fingerprint density at radius 2 is 1.79 bits per heavy atom. The highest BCUT2D eigenvalue weighted by Crippen LogP contribution is 2.06. The minimum absolute atomic E-state index is 0.0282. The number of esters is 1. The van der Waals surface area contributed by atoms with Crippen LogP contribution < -0.4 is 5.69 Å². The highest BCUT2D eigenvalue weighted by molar-refractivity contribution is 5.89. The lowest BCUT2D eigenvalue weighted by molar-refractivity contribution is 0.0600. The lowest BCUT2D eigenvalue weighted by Gasteiger charge is -2.04. The average Bonchev–Trinajstić information content (AvgIpc) is 2.79. The third-order valence-electron chi connectivity index (χ3n) is 2.99. The average molecular weight is 260 g/mol. The summed E-state index contributed by atoms with van der Waals surface area (Å²) in [5.74, 6) is -0.360. The van der Waals surface area contributed by atoms with Gasteiger partial charge in [0, 0.05) is 18.9 Å². The molecular weight excluding hydrogens is 244 g/mol. The molecule has 0 saturated heterocycles. The smallest absolute Gasteiger partial charge is 0.337 e.